The number of hydrogen-bond donors (Lipinski definition) is 0. The van der Waals surface area contributed by atoms with Gasteiger partial charge in [0.25, 0.3) is 0 Å². The van der Waals surface area contributed by atoms with Crippen molar-refractivity contribution < 1.29 is 47.4 Å². The molecular formula is C31H62O10. The van der Waals surface area contributed by atoms with Crippen LogP contribution in [0, 0.1) is 0 Å². The van der Waals surface area contributed by atoms with Gasteiger partial charge in [-0.15, -0.1) is 0 Å². The van der Waals surface area contributed by atoms with Crippen LogP contribution >= 0.6 is 0 Å². The maximum atomic E-state index is 10.6. The molecule has 0 saturated heterocycles. The molecule has 0 aliphatic rings. The fraction of sp³-hybridized carbons (Fsp3) is 0.968. The van der Waals surface area contributed by atoms with Crippen molar-refractivity contribution in [1.82, 2.24) is 0 Å². The van der Waals surface area contributed by atoms with Crippen LogP contribution in [0.1, 0.15) is 84.5 Å². The molecule has 0 N–H and O–H groups in total. The van der Waals surface area contributed by atoms with Gasteiger partial charge in [-0.05, 0) is 6.42 Å². The van der Waals surface area contributed by atoms with Gasteiger partial charge in [0.2, 0.25) is 0 Å². The van der Waals surface area contributed by atoms with E-state index in [1.54, 1.807) is 0 Å². The predicted molar refractivity (Wildman–Crippen MR) is 160 cm³/mol. The monoisotopic (exact) mass is 594 g/mol. The average molecular weight is 595 g/mol. The number of carbonyl (C=O) groups excluding carboxylic acids is 1. The van der Waals surface area contributed by atoms with Gasteiger partial charge in [0.15, 0.2) is 0 Å². The molecule has 0 aromatic rings. The Hall–Kier alpha value is -0.850. The van der Waals surface area contributed by atoms with E-state index in [1.165, 1.54) is 71.1 Å². The summed E-state index contributed by atoms with van der Waals surface area (Å²) in [5, 5.41) is 0. The summed E-state index contributed by atoms with van der Waals surface area (Å²) >= 11 is 0. The number of unbranched alkanes of at least 4 members (excludes halogenated alkanes) is 10. The van der Waals surface area contributed by atoms with Crippen LogP contribution in [0.4, 0.5) is 0 Å². The molecular weight excluding hydrogens is 532 g/mol. The van der Waals surface area contributed by atoms with Gasteiger partial charge in [-0.25, -0.2) is 0 Å². The summed E-state index contributed by atoms with van der Waals surface area (Å²) in [4.78, 5) is 10.6. The smallest absolute Gasteiger partial charge is 0.302 e. The van der Waals surface area contributed by atoms with Crippen molar-refractivity contribution in [3.8, 4) is 0 Å². The number of carbonyl (C=O) groups is 1. The van der Waals surface area contributed by atoms with Crippen LogP contribution in [0.2, 0.25) is 0 Å². The first kappa shape index (κ1) is 40.1. The lowest BCUT2D eigenvalue weighted by atomic mass is 10.1. The topological polar surface area (TPSA) is 100 Å². The Morgan fingerprint density at radius 2 is 0.585 bits per heavy atom. The van der Waals surface area contributed by atoms with Crippen LogP contribution in [-0.4, -0.2) is 118 Å². The Morgan fingerprint density at radius 1 is 0.341 bits per heavy atom. The van der Waals surface area contributed by atoms with E-state index in [4.69, 9.17) is 42.6 Å². The lowest BCUT2D eigenvalue weighted by Crippen LogP contribution is -2.15. The van der Waals surface area contributed by atoms with E-state index in [9.17, 15) is 4.79 Å². The summed E-state index contributed by atoms with van der Waals surface area (Å²) in [5.41, 5.74) is 0. The van der Waals surface area contributed by atoms with Gasteiger partial charge in [0, 0.05) is 13.5 Å². The maximum Gasteiger partial charge on any atom is 0.302 e. The molecule has 10 heteroatoms. The highest BCUT2D eigenvalue weighted by molar-refractivity contribution is 5.65. The summed E-state index contributed by atoms with van der Waals surface area (Å²) in [7, 11) is 0. The van der Waals surface area contributed by atoms with Gasteiger partial charge >= 0.3 is 5.97 Å². The Labute approximate surface area is 250 Å². The molecule has 0 aromatic heterocycles. The molecule has 0 saturated carbocycles. The molecule has 0 fully saturated rings. The summed E-state index contributed by atoms with van der Waals surface area (Å²) < 4.78 is 48.4. The molecule has 0 aromatic carbocycles. The number of ether oxygens (including phenoxy) is 9. The van der Waals surface area contributed by atoms with Crippen molar-refractivity contribution in [2.75, 3.05) is 112 Å². The fourth-order valence-electron chi connectivity index (χ4n) is 3.75. The number of esters is 1. The molecule has 0 bridgehead atoms. The van der Waals surface area contributed by atoms with Crippen molar-refractivity contribution in [2.45, 2.75) is 84.5 Å². The second-order valence-electron chi connectivity index (χ2n) is 9.77. The zero-order valence-corrected chi connectivity index (χ0v) is 26.4. The Kier molecular flexibility index (Phi) is 36.4. The summed E-state index contributed by atoms with van der Waals surface area (Å²) in [6, 6.07) is 0. The SMILES string of the molecule is CCCCCCCCCCCCCOCCOCCOCCOCCOCCOCCOCCOCCOC(C)=O. The number of rotatable bonds is 36. The quantitative estimate of drug-likeness (QED) is 0.0728. The van der Waals surface area contributed by atoms with Crippen LogP contribution in [-0.2, 0) is 47.4 Å². The first-order valence-corrected chi connectivity index (χ1v) is 16.0. The molecule has 0 aliphatic heterocycles. The van der Waals surface area contributed by atoms with Crippen LogP contribution < -0.4 is 0 Å². The molecule has 0 rings (SSSR count). The zero-order chi connectivity index (χ0) is 29.7. The molecule has 0 amide bonds. The normalized spacial score (nSPS) is 11.4. The van der Waals surface area contributed by atoms with Gasteiger partial charge < -0.3 is 42.6 Å². The molecule has 0 aliphatic carbocycles. The van der Waals surface area contributed by atoms with E-state index in [-0.39, 0.29) is 12.6 Å². The average Bonchev–Trinajstić information content (AvgIpc) is 2.97. The Balaban J connectivity index is 3.03. The van der Waals surface area contributed by atoms with Crippen molar-refractivity contribution in [3.05, 3.63) is 0 Å². The van der Waals surface area contributed by atoms with E-state index in [0.717, 1.165) is 13.0 Å². The molecule has 0 radical (unpaired) electrons. The second-order valence-corrected chi connectivity index (χ2v) is 9.77. The van der Waals surface area contributed by atoms with Crippen LogP contribution in [0.3, 0.4) is 0 Å². The van der Waals surface area contributed by atoms with Crippen LogP contribution in [0.5, 0.6) is 0 Å². The minimum atomic E-state index is -0.304. The summed E-state index contributed by atoms with van der Waals surface area (Å²) in [6.07, 6.45) is 14.9. The molecule has 0 heterocycles. The number of hydrogen-bond acceptors (Lipinski definition) is 10. The van der Waals surface area contributed by atoms with Gasteiger partial charge in [-0.2, -0.15) is 0 Å². The van der Waals surface area contributed by atoms with Gasteiger partial charge in [0.05, 0.1) is 99.1 Å². The highest BCUT2D eigenvalue weighted by atomic mass is 16.6. The van der Waals surface area contributed by atoms with Crippen molar-refractivity contribution >= 4 is 5.97 Å². The van der Waals surface area contributed by atoms with Gasteiger partial charge in [-0.3, -0.25) is 4.79 Å². The minimum Gasteiger partial charge on any atom is -0.463 e. The zero-order valence-electron chi connectivity index (χ0n) is 26.4. The van der Waals surface area contributed by atoms with Crippen molar-refractivity contribution in [3.63, 3.8) is 0 Å². The van der Waals surface area contributed by atoms with E-state index in [1.807, 2.05) is 0 Å². The maximum absolute atomic E-state index is 10.6. The summed E-state index contributed by atoms with van der Waals surface area (Å²) in [6.45, 7) is 12.6. The lowest BCUT2D eigenvalue weighted by molar-refractivity contribution is -0.142. The molecule has 0 atom stereocenters. The highest BCUT2D eigenvalue weighted by Gasteiger charge is 1.97. The van der Waals surface area contributed by atoms with E-state index in [0.29, 0.717) is 99.1 Å². The largest absolute Gasteiger partial charge is 0.463 e. The Bertz CT molecular complexity index is 496. The first-order chi connectivity index (χ1) is 20.3. The molecule has 0 unspecified atom stereocenters. The standard InChI is InChI=1S/C31H62O10/c1-3-4-5-6-7-8-9-10-11-12-13-14-33-15-16-34-17-18-35-19-20-36-21-22-37-23-24-38-25-26-39-27-28-40-29-30-41-31(2)32/h3-30H2,1-2H3. The molecule has 0 spiro atoms. The first-order valence-electron chi connectivity index (χ1n) is 16.0. The third kappa shape index (κ3) is 39.1. The predicted octanol–water partition coefficient (Wildman–Crippen LogP) is 4.99. The Morgan fingerprint density at radius 3 is 0.878 bits per heavy atom. The highest BCUT2D eigenvalue weighted by Crippen LogP contribution is 2.11. The molecule has 10 nitrogen and oxygen atoms in total. The van der Waals surface area contributed by atoms with Crippen molar-refractivity contribution in [1.29, 1.82) is 0 Å². The molecule has 246 valence electrons. The molecule has 41 heavy (non-hydrogen) atoms. The third-order valence-corrected chi connectivity index (χ3v) is 6.03. The minimum absolute atomic E-state index is 0.267. The van der Waals surface area contributed by atoms with Gasteiger partial charge in [0.1, 0.15) is 6.61 Å². The van der Waals surface area contributed by atoms with Crippen molar-refractivity contribution in [2.24, 2.45) is 0 Å². The van der Waals surface area contributed by atoms with E-state index in [2.05, 4.69) is 6.92 Å². The van der Waals surface area contributed by atoms with Crippen LogP contribution in [0.25, 0.3) is 0 Å². The lowest BCUT2D eigenvalue weighted by Gasteiger charge is -2.09. The fourth-order valence-corrected chi connectivity index (χ4v) is 3.75. The van der Waals surface area contributed by atoms with Gasteiger partial charge in [-0.1, -0.05) is 71.1 Å². The second kappa shape index (κ2) is 37.2. The van der Waals surface area contributed by atoms with E-state index >= 15 is 0 Å². The van der Waals surface area contributed by atoms with Crippen LogP contribution in [0.15, 0.2) is 0 Å². The summed E-state index contributed by atoms with van der Waals surface area (Å²) in [5.74, 6) is -0.304. The van der Waals surface area contributed by atoms with E-state index < -0.39 is 0 Å². The third-order valence-electron chi connectivity index (χ3n) is 6.03.